The Hall–Kier alpha value is -4.00. The van der Waals surface area contributed by atoms with Gasteiger partial charge in [0.2, 0.25) is 0 Å². The van der Waals surface area contributed by atoms with E-state index >= 15 is 0 Å². The van der Waals surface area contributed by atoms with Crippen LogP contribution in [0.5, 0.6) is 5.75 Å². The number of hydrogen-bond donors (Lipinski definition) is 1. The van der Waals surface area contributed by atoms with Crippen molar-refractivity contribution in [3.63, 3.8) is 0 Å². The molecule has 0 radical (unpaired) electrons. The fraction of sp³-hybridized carbons (Fsp3) is 0.259. The molecule has 174 valence electrons. The summed E-state index contributed by atoms with van der Waals surface area (Å²) in [5, 5.41) is 11.4. The van der Waals surface area contributed by atoms with E-state index in [2.05, 4.69) is 9.97 Å². The number of benzene rings is 1. The van der Waals surface area contributed by atoms with Crippen molar-refractivity contribution in [2.24, 2.45) is 0 Å². The summed E-state index contributed by atoms with van der Waals surface area (Å²) in [6.45, 7) is 6.63. The molecular weight excluding hydrogens is 430 g/mol. The lowest BCUT2D eigenvalue weighted by Gasteiger charge is -2.25. The molecule has 1 fully saturated rings. The first kappa shape index (κ1) is 23.2. The molecule has 4 rings (SSSR count). The fourth-order valence-corrected chi connectivity index (χ4v) is 4.19. The van der Waals surface area contributed by atoms with E-state index in [1.165, 1.54) is 4.90 Å². The van der Waals surface area contributed by atoms with Crippen molar-refractivity contribution in [1.29, 1.82) is 0 Å². The summed E-state index contributed by atoms with van der Waals surface area (Å²) >= 11 is 0. The Bertz CT molecular complexity index is 1220. The highest BCUT2D eigenvalue weighted by Gasteiger charge is 2.46. The molecule has 1 aliphatic heterocycles. The minimum Gasteiger partial charge on any atom is -0.507 e. The zero-order valence-corrected chi connectivity index (χ0v) is 19.4. The van der Waals surface area contributed by atoms with Crippen LogP contribution in [0, 0.1) is 0 Å². The van der Waals surface area contributed by atoms with Crippen molar-refractivity contribution in [2.75, 3.05) is 6.61 Å². The van der Waals surface area contributed by atoms with Crippen molar-refractivity contribution in [2.45, 2.75) is 39.3 Å². The fourth-order valence-electron chi connectivity index (χ4n) is 4.19. The van der Waals surface area contributed by atoms with Crippen LogP contribution in [0.3, 0.4) is 0 Å². The van der Waals surface area contributed by atoms with Gasteiger partial charge in [-0.3, -0.25) is 19.6 Å². The second-order valence-electron chi connectivity index (χ2n) is 8.37. The predicted molar refractivity (Wildman–Crippen MR) is 128 cm³/mol. The van der Waals surface area contributed by atoms with E-state index in [1.807, 2.05) is 32.9 Å². The summed E-state index contributed by atoms with van der Waals surface area (Å²) in [6.07, 6.45) is 4.84. The number of carbonyl (C=O) groups is 2. The maximum absolute atomic E-state index is 13.2. The topological polar surface area (TPSA) is 92.6 Å². The van der Waals surface area contributed by atoms with Gasteiger partial charge in [0.15, 0.2) is 0 Å². The average molecular weight is 458 g/mol. The smallest absolute Gasteiger partial charge is 0.296 e. The lowest BCUT2D eigenvalue weighted by atomic mass is 9.93. The van der Waals surface area contributed by atoms with E-state index in [0.717, 1.165) is 11.3 Å². The first-order chi connectivity index (χ1) is 16.4. The molecule has 7 heteroatoms. The highest BCUT2D eigenvalue weighted by molar-refractivity contribution is 6.46. The SMILES string of the molecule is CCOc1ccc(/C(O)=C2/C(=O)C(=O)N(Cc3ccccn3)C2c2ccncc2)cc1C(C)C. The van der Waals surface area contributed by atoms with Gasteiger partial charge in [0.1, 0.15) is 11.5 Å². The molecule has 3 heterocycles. The van der Waals surface area contributed by atoms with E-state index in [4.69, 9.17) is 4.74 Å². The Kier molecular flexibility index (Phi) is 6.72. The van der Waals surface area contributed by atoms with Gasteiger partial charge in [-0.1, -0.05) is 19.9 Å². The number of nitrogens with zero attached hydrogens (tertiary/aromatic N) is 3. The van der Waals surface area contributed by atoms with Crippen LogP contribution >= 0.6 is 0 Å². The van der Waals surface area contributed by atoms with Crippen LogP contribution < -0.4 is 4.74 Å². The number of hydrogen-bond acceptors (Lipinski definition) is 6. The maximum Gasteiger partial charge on any atom is 0.296 e. The number of aliphatic hydroxyl groups excluding tert-OH is 1. The van der Waals surface area contributed by atoms with E-state index in [1.54, 1.807) is 55.0 Å². The van der Waals surface area contributed by atoms with Crippen LogP contribution in [0.15, 0.2) is 72.7 Å². The Morgan fingerprint density at radius 1 is 1.09 bits per heavy atom. The Morgan fingerprint density at radius 2 is 1.85 bits per heavy atom. The Balaban J connectivity index is 1.85. The van der Waals surface area contributed by atoms with Crippen LogP contribution in [0.4, 0.5) is 0 Å². The monoisotopic (exact) mass is 457 g/mol. The number of rotatable bonds is 7. The molecule has 0 aliphatic carbocycles. The molecule has 1 unspecified atom stereocenters. The van der Waals surface area contributed by atoms with Crippen molar-refractivity contribution < 1.29 is 19.4 Å². The molecule has 1 atom stereocenters. The first-order valence-electron chi connectivity index (χ1n) is 11.3. The quantitative estimate of drug-likeness (QED) is 0.316. The molecule has 2 aromatic heterocycles. The number of ether oxygens (including phenoxy) is 1. The Labute approximate surface area is 198 Å². The number of ketones is 1. The minimum absolute atomic E-state index is 0.0472. The molecule has 1 amide bonds. The summed E-state index contributed by atoms with van der Waals surface area (Å²) in [6, 6.07) is 13.5. The van der Waals surface area contributed by atoms with Gasteiger partial charge in [0.25, 0.3) is 11.7 Å². The molecule has 1 N–H and O–H groups in total. The summed E-state index contributed by atoms with van der Waals surface area (Å²) in [5.74, 6) is -0.750. The van der Waals surface area contributed by atoms with Crippen LogP contribution in [0.2, 0.25) is 0 Å². The van der Waals surface area contributed by atoms with E-state index in [9.17, 15) is 14.7 Å². The molecule has 1 saturated heterocycles. The molecule has 0 bridgehead atoms. The lowest BCUT2D eigenvalue weighted by Crippen LogP contribution is -2.29. The third-order valence-electron chi connectivity index (χ3n) is 5.83. The summed E-state index contributed by atoms with van der Waals surface area (Å²) < 4.78 is 5.73. The molecule has 1 aliphatic rings. The number of pyridine rings is 2. The second kappa shape index (κ2) is 9.87. The van der Waals surface area contributed by atoms with Gasteiger partial charge in [-0.15, -0.1) is 0 Å². The van der Waals surface area contributed by atoms with Gasteiger partial charge in [-0.2, -0.15) is 0 Å². The maximum atomic E-state index is 13.2. The molecule has 34 heavy (non-hydrogen) atoms. The molecule has 0 spiro atoms. The van der Waals surface area contributed by atoms with Gasteiger partial charge in [-0.25, -0.2) is 0 Å². The zero-order valence-electron chi connectivity index (χ0n) is 19.4. The number of likely N-dealkylation sites (tertiary alicyclic amines) is 1. The van der Waals surface area contributed by atoms with Crippen molar-refractivity contribution in [3.8, 4) is 5.75 Å². The number of amides is 1. The number of aromatic nitrogens is 2. The van der Waals surface area contributed by atoms with Gasteiger partial charge in [0, 0.05) is 24.2 Å². The van der Waals surface area contributed by atoms with Crippen LogP contribution in [0.1, 0.15) is 55.1 Å². The van der Waals surface area contributed by atoms with Gasteiger partial charge >= 0.3 is 0 Å². The third-order valence-corrected chi connectivity index (χ3v) is 5.83. The first-order valence-corrected chi connectivity index (χ1v) is 11.3. The molecule has 1 aromatic carbocycles. The van der Waals surface area contributed by atoms with Crippen molar-refractivity contribution in [3.05, 3.63) is 95.1 Å². The van der Waals surface area contributed by atoms with E-state index < -0.39 is 17.7 Å². The lowest BCUT2D eigenvalue weighted by molar-refractivity contribution is -0.140. The Morgan fingerprint density at radius 3 is 2.50 bits per heavy atom. The third kappa shape index (κ3) is 4.41. The summed E-state index contributed by atoms with van der Waals surface area (Å²) in [4.78, 5) is 36.2. The number of carbonyl (C=O) groups excluding carboxylic acids is 2. The van der Waals surface area contributed by atoms with Crippen LogP contribution in [-0.4, -0.2) is 38.3 Å². The standard InChI is InChI=1S/C27H27N3O4/c1-4-34-22-9-8-19(15-21(22)17(2)3)25(31)23-24(18-10-13-28-14-11-18)30(27(33)26(23)32)16-20-7-5-6-12-29-20/h5-15,17,24,31H,4,16H2,1-3H3/b25-23-. The average Bonchev–Trinajstić information content (AvgIpc) is 3.10. The largest absolute Gasteiger partial charge is 0.507 e. The van der Waals surface area contributed by atoms with Gasteiger partial charge < -0.3 is 14.7 Å². The highest BCUT2D eigenvalue weighted by atomic mass is 16.5. The molecular formula is C27H27N3O4. The van der Waals surface area contributed by atoms with E-state index in [-0.39, 0.29) is 23.8 Å². The van der Waals surface area contributed by atoms with Crippen molar-refractivity contribution >= 4 is 17.4 Å². The van der Waals surface area contributed by atoms with Crippen molar-refractivity contribution in [1.82, 2.24) is 14.9 Å². The second-order valence-corrected chi connectivity index (χ2v) is 8.37. The van der Waals surface area contributed by atoms with Gasteiger partial charge in [-0.05, 0) is 66.4 Å². The van der Waals surface area contributed by atoms with Crippen LogP contribution in [-0.2, 0) is 16.1 Å². The normalized spacial score (nSPS) is 17.4. The number of Topliss-reactive ketones (excluding diaryl/α,β-unsaturated/α-hetero) is 1. The molecule has 7 nitrogen and oxygen atoms in total. The predicted octanol–water partition coefficient (Wildman–Crippen LogP) is 4.62. The summed E-state index contributed by atoms with van der Waals surface area (Å²) in [5.41, 5.74) is 2.75. The summed E-state index contributed by atoms with van der Waals surface area (Å²) in [7, 11) is 0. The minimum atomic E-state index is -0.765. The zero-order chi connectivity index (χ0) is 24.2. The number of aliphatic hydroxyl groups is 1. The molecule has 0 saturated carbocycles. The molecule has 3 aromatic rings. The highest BCUT2D eigenvalue weighted by Crippen LogP contribution is 2.41. The van der Waals surface area contributed by atoms with Crippen LogP contribution in [0.25, 0.3) is 5.76 Å². The van der Waals surface area contributed by atoms with E-state index in [0.29, 0.717) is 23.4 Å². The van der Waals surface area contributed by atoms with Gasteiger partial charge in [0.05, 0.1) is 30.5 Å².